The first kappa shape index (κ1) is 19.6. The normalized spacial score (nSPS) is 11.0. The predicted molar refractivity (Wildman–Crippen MR) is 115 cm³/mol. The fourth-order valence-electron chi connectivity index (χ4n) is 2.73. The molecule has 1 heterocycles. The molecular weight excluding hydrogens is 374 g/mol. The van der Waals surface area contributed by atoms with Crippen molar-refractivity contribution in [3.8, 4) is 0 Å². The van der Waals surface area contributed by atoms with Crippen LogP contribution in [0.3, 0.4) is 0 Å². The van der Waals surface area contributed by atoms with Gasteiger partial charge in [0.05, 0.1) is 12.4 Å². The maximum absolute atomic E-state index is 11.8. The molecular formula is C21H22ClN5O. The first-order valence-corrected chi connectivity index (χ1v) is 9.36. The zero-order valence-corrected chi connectivity index (χ0v) is 16.6. The number of hydrogen-bond donors (Lipinski definition) is 1. The second-order valence-electron chi connectivity index (χ2n) is 6.26. The summed E-state index contributed by atoms with van der Waals surface area (Å²) in [6.07, 6.45) is 3.14. The molecule has 3 rings (SSSR count). The Bertz CT molecular complexity index is 1000. The minimum Gasteiger partial charge on any atom is -0.367 e. The Morgan fingerprint density at radius 2 is 1.89 bits per heavy atom. The lowest BCUT2D eigenvalue weighted by atomic mass is 10.1. The Kier molecular flexibility index (Phi) is 6.45. The van der Waals surface area contributed by atoms with Gasteiger partial charge in [0.15, 0.2) is 0 Å². The second-order valence-corrected chi connectivity index (χ2v) is 6.64. The van der Waals surface area contributed by atoms with Crippen LogP contribution in [0.4, 0.5) is 11.4 Å². The molecule has 0 amide bonds. The number of benzene rings is 2. The number of nitrogens with zero attached hydrogens (tertiary/aromatic N) is 4. The summed E-state index contributed by atoms with van der Waals surface area (Å²) in [7, 11) is 1.54. The van der Waals surface area contributed by atoms with Crippen molar-refractivity contribution in [1.29, 1.82) is 0 Å². The molecule has 0 unspecified atom stereocenters. The Balaban J connectivity index is 1.66. The average molecular weight is 396 g/mol. The summed E-state index contributed by atoms with van der Waals surface area (Å²) >= 11 is 6.00. The molecule has 3 aromatic rings. The van der Waals surface area contributed by atoms with Crippen LogP contribution in [0.25, 0.3) is 0 Å². The summed E-state index contributed by atoms with van der Waals surface area (Å²) in [5.41, 5.74) is 6.12. The molecule has 7 heteroatoms. The van der Waals surface area contributed by atoms with E-state index in [0.29, 0.717) is 5.69 Å². The van der Waals surface area contributed by atoms with E-state index in [1.165, 1.54) is 16.4 Å². The third-order valence-corrected chi connectivity index (χ3v) is 4.70. The van der Waals surface area contributed by atoms with Crippen LogP contribution >= 0.6 is 11.6 Å². The number of rotatable bonds is 7. The van der Waals surface area contributed by atoms with E-state index in [2.05, 4.69) is 63.8 Å². The highest BCUT2D eigenvalue weighted by Gasteiger charge is 2.07. The minimum absolute atomic E-state index is 0.0597. The molecule has 1 N–H and O–H groups in total. The molecule has 144 valence electrons. The molecule has 0 fully saturated rings. The highest BCUT2D eigenvalue weighted by molar-refractivity contribution is 6.32. The molecule has 6 nitrogen and oxygen atoms in total. The Hall–Kier alpha value is -3.12. The van der Waals surface area contributed by atoms with Gasteiger partial charge in [0.2, 0.25) is 0 Å². The van der Waals surface area contributed by atoms with Gasteiger partial charge in [-0.05, 0) is 30.2 Å². The number of aryl methyl sites for hydroxylation is 1. The maximum Gasteiger partial charge on any atom is 0.287 e. The van der Waals surface area contributed by atoms with E-state index >= 15 is 0 Å². The Labute approximate surface area is 169 Å². The van der Waals surface area contributed by atoms with E-state index in [0.717, 1.165) is 24.3 Å². The number of aromatic nitrogens is 2. The van der Waals surface area contributed by atoms with Crippen LogP contribution in [0.15, 0.2) is 70.7 Å². The van der Waals surface area contributed by atoms with E-state index in [-0.39, 0.29) is 10.6 Å². The molecule has 0 aliphatic rings. The highest BCUT2D eigenvalue weighted by atomic mass is 35.5. The standard InChI is InChI=1S/C21H22ClN5O/c1-3-27(15-17-7-5-4-6-8-17)18-11-9-16(10-12-18)13-23-25-19-14-24-26(2)21(28)20(19)22/h4-14,25H,3,15H2,1-2H3/b23-13-. The third kappa shape index (κ3) is 4.78. The summed E-state index contributed by atoms with van der Waals surface area (Å²) in [6, 6.07) is 18.5. The van der Waals surface area contributed by atoms with Crippen LogP contribution in [-0.4, -0.2) is 22.5 Å². The molecule has 0 spiro atoms. The predicted octanol–water partition coefficient (Wildman–Crippen LogP) is 3.91. The van der Waals surface area contributed by atoms with Gasteiger partial charge >= 0.3 is 0 Å². The van der Waals surface area contributed by atoms with Gasteiger partial charge in [0, 0.05) is 25.8 Å². The molecule has 0 aliphatic carbocycles. The van der Waals surface area contributed by atoms with Crippen LogP contribution in [0.1, 0.15) is 18.1 Å². The lowest BCUT2D eigenvalue weighted by molar-refractivity contribution is 0.708. The highest BCUT2D eigenvalue weighted by Crippen LogP contribution is 2.18. The van der Waals surface area contributed by atoms with E-state index < -0.39 is 0 Å². The van der Waals surface area contributed by atoms with Crippen LogP contribution in [0, 0.1) is 0 Å². The van der Waals surface area contributed by atoms with E-state index in [1.54, 1.807) is 13.3 Å². The molecule has 1 aromatic heterocycles. The monoisotopic (exact) mass is 395 g/mol. The SMILES string of the molecule is CCN(Cc1ccccc1)c1ccc(/C=N\Nc2cnn(C)c(=O)c2Cl)cc1. The fraction of sp³-hybridized carbons (Fsp3) is 0.190. The first-order chi connectivity index (χ1) is 13.6. The molecule has 0 atom stereocenters. The number of anilines is 2. The van der Waals surface area contributed by atoms with Crippen molar-refractivity contribution < 1.29 is 0 Å². The van der Waals surface area contributed by atoms with Crippen LogP contribution in [-0.2, 0) is 13.6 Å². The molecule has 0 radical (unpaired) electrons. The number of halogens is 1. The van der Waals surface area contributed by atoms with Gasteiger partial charge in [-0.3, -0.25) is 10.2 Å². The second kappa shape index (κ2) is 9.19. The maximum atomic E-state index is 11.8. The smallest absolute Gasteiger partial charge is 0.287 e. The third-order valence-electron chi connectivity index (χ3n) is 4.33. The quantitative estimate of drug-likeness (QED) is 0.486. The number of nitrogens with one attached hydrogen (secondary N) is 1. The van der Waals surface area contributed by atoms with Gasteiger partial charge in [-0.2, -0.15) is 10.2 Å². The fourth-order valence-corrected chi connectivity index (χ4v) is 2.94. The van der Waals surface area contributed by atoms with Crippen molar-refractivity contribution in [3.05, 3.63) is 87.3 Å². The lowest BCUT2D eigenvalue weighted by Crippen LogP contribution is -2.21. The summed E-state index contributed by atoms with van der Waals surface area (Å²) in [5.74, 6) is 0. The van der Waals surface area contributed by atoms with Gasteiger partial charge in [-0.15, -0.1) is 0 Å². The summed E-state index contributed by atoms with van der Waals surface area (Å²) in [6.45, 7) is 3.92. The molecule has 0 saturated carbocycles. The molecule has 28 heavy (non-hydrogen) atoms. The van der Waals surface area contributed by atoms with Gasteiger partial charge in [-0.1, -0.05) is 54.1 Å². The van der Waals surface area contributed by atoms with Crippen LogP contribution < -0.4 is 15.9 Å². The molecule has 0 aliphatic heterocycles. The first-order valence-electron chi connectivity index (χ1n) is 8.98. The molecule has 0 bridgehead atoms. The molecule has 0 saturated heterocycles. The Morgan fingerprint density at radius 1 is 1.18 bits per heavy atom. The van der Waals surface area contributed by atoms with Gasteiger partial charge in [0.25, 0.3) is 5.56 Å². The average Bonchev–Trinajstić information content (AvgIpc) is 2.73. The van der Waals surface area contributed by atoms with Crippen molar-refractivity contribution >= 4 is 29.2 Å². The van der Waals surface area contributed by atoms with Crippen molar-refractivity contribution in [2.75, 3.05) is 16.9 Å². The number of hydrazone groups is 1. The summed E-state index contributed by atoms with van der Waals surface area (Å²) in [4.78, 5) is 14.1. The van der Waals surface area contributed by atoms with Crippen molar-refractivity contribution in [1.82, 2.24) is 9.78 Å². The zero-order chi connectivity index (χ0) is 19.9. The topological polar surface area (TPSA) is 62.5 Å². The minimum atomic E-state index is -0.371. The van der Waals surface area contributed by atoms with Gasteiger partial charge < -0.3 is 4.90 Å². The van der Waals surface area contributed by atoms with E-state index in [9.17, 15) is 4.79 Å². The summed E-state index contributed by atoms with van der Waals surface area (Å²) < 4.78 is 1.17. The largest absolute Gasteiger partial charge is 0.367 e. The lowest BCUT2D eigenvalue weighted by Gasteiger charge is -2.23. The van der Waals surface area contributed by atoms with Crippen molar-refractivity contribution in [3.63, 3.8) is 0 Å². The van der Waals surface area contributed by atoms with Crippen molar-refractivity contribution in [2.24, 2.45) is 12.1 Å². The van der Waals surface area contributed by atoms with Gasteiger partial charge in [-0.25, -0.2) is 4.68 Å². The van der Waals surface area contributed by atoms with Crippen LogP contribution in [0.5, 0.6) is 0 Å². The van der Waals surface area contributed by atoms with E-state index in [1.807, 2.05) is 18.2 Å². The van der Waals surface area contributed by atoms with Crippen LogP contribution in [0.2, 0.25) is 5.02 Å². The Morgan fingerprint density at radius 3 is 2.57 bits per heavy atom. The zero-order valence-electron chi connectivity index (χ0n) is 15.8. The van der Waals surface area contributed by atoms with Gasteiger partial charge in [0.1, 0.15) is 10.7 Å². The van der Waals surface area contributed by atoms with Crippen molar-refractivity contribution in [2.45, 2.75) is 13.5 Å². The van der Waals surface area contributed by atoms with E-state index in [4.69, 9.17) is 11.6 Å². The molecule has 2 aromatic carbocycles. The number of hydrogen-bond acceptors (Lipinski definition) is 5. The summed E-state index contributed by atoms with van der Waals surface area (Å²) in [5, 5.41) is 8.12.